The largest absolute Gasteiger partial charge is 0.463 e. The van der Waals surface area contributed by atoms with Crippen molar-refractivity contribution in [3.05, 3.63) is 47.5 Å². The average molecular weight is 519 g/mol. The van der Waals surface area contributed by atoms with Crippen molar-refractivity contribution in [2.75, 3.05) is 19.9 Å². The van der Waals surface area contributed by atoms with Crippen LogP contribution >= 0.6 is 11.8 Å². The molecule has 1 aromatic carbocycles. The van der Waals surface area contributed by atoms with Crippen LogP contribution in [0.1, 0.15) is 67.9 Å². The second kappa shape index (κ2) is 13.3. The van der Waals surface area contributed by atoms with E-state index in [1.54, 1.807) is 31.9 Å². The third-order valence-electron chi connectivity index (χ3n) is 6.54. The van der Waals surface area contributed by atoms with E-state index in [0.29, 0.717) is 12.2 Å². The van der Waals surface area contributed by atoms with Gasteiger partial charge in [0.25, 0.3) is 0 Å². The molecule has 1 aromatic rings. The summed E-state index contributed by atoms with van der Waals surface area (Å²) in [5.74, 6) is -0.705. The van der Waals surface area contributed by atoms with E-state index in [0.717, 1.165) is 5.56 Å². The van der Waals surface area contributed by atoms with Gasteiger partial charge < -0.3 is 15.0 Å². The highest BCUT2D eigenvalue weighted by Crippen LogP contribution is 2.34. The first kappa shape index (κ1) is 31.7. The Hall–Kier alpha value is -2.28. The van der Waals surface area contributed by atoms with Gasteiger partial charge in [-0.15, -0.1) is 0 Å². The number of thioether (sulfide) groups is 1. The van der Waals surface area contributed by atoms with Crippen molar-refractivity contribution < 1.29 is 19.1 Å². The zero-order valence-corrected chi connectivity index (χ0v) is 24.8. The summed E-state index contributed by atoms with van der Waals surface area (Å²) in [6, 6.07) is 8.89. The van der Waals surface area contributed by atoms with E-state index < -0.39 is 28.1 Å². The van der Waals surface area contributed by atoms with Crippen molar-refractivity contribution in [1.82, 2.24) is 10.2 Å². The van der Waals surface area contributed by atoms with Crippen LogP contribution in [0.5, 0.6) is 0 Å². The Kier molecular flexibility index (Phi) is 11.7. The first-order chi connectivity index (χ1) is 16.6. The first-order valence-electron chi connectivity index (χ1n) is 12.6. The van der Waals surface area contributed by atoms with Crippen molar-refractivity contribution in [3.63, 3.8) is 0 Å². The normalized spacial score (nSPS) is 15.2. The number of carbonyl (C=O) groups excluding carboxylic acids is 3. The Labute approximate surface area is 222 Å². The fraction of sp³-hybridized carbons (Fsp3) is 0.621. The van der Waals surface area contributed by atoms with E-state index in [1.165, 1.54) is 11.8 Å². The minimum atomic E-state index is -0.742. The van der Waals surface area contributed by atoms with Gasteiger partial charge in [0.15, 0.2) is 0 Å². The molecule has 0 aliphatic rings. The molecule has 202 valence electrons. The second-order valence-corrected chi connectivity index (χ2v) is 12.2. The summed E-state index contributed by atoms with van der Waals surface area (Å²) in [6.07, 6.45) is 3.71. The maximum atomic E-state index is 13.8. The Morgan fingerprint density at radius 2 is 1.64 bits per heavy atom. The third-order valence-corrected chi connectivity index (χ3v) is 7.82. The molecule has 6 nitrogen and oxygen atoms in total. The molecular formula is C29H46N2O4S. The smallest absolute Gasteiger partial charge is 0.333 e. The van der Waals surface area contributed by atoms with Gasteiger partial charge in [0.05, 0.1) is 17.9 Å². The number of likely N-dealkylation sites (N-methyl/N-ethyl adjacent to an activating group) is 1. The summed E-state index contributed by atoms with van der Waals surface area (Å²) in [7, 11) is 1.73. The molecule has 0 spiro atoms. The quantitative estimate of drug-likeness (QED) is 0.321. The predicted molar refractivity (Wildman–Crippen MR) is 150 cm³/mol. The fourth-order valence-electron chi connectivity index (χ4n) is 4.29. The number of ether oxygens (including phenoxy) is 1. The van der Waals surface area contributed by atoms with Gasteiger partial charge in [0.2, 0.25) is 11.8 Å². The van der Waals surface area contributed by atoms with Crippen molar-refractivity contribution in [2.24, 2.45) is 11.3 Å². The molecule has 1 N–H and O–H groups in total. The molecule has 0 aliphatic carbocycles. The summed E-state index contributed by atoms with van der Waals surface area (Å²) < 4.78 is 5.12. The standard InChI is InChI=1S/C29H46N2O4S/c1-12-35-27(34)20(4)18-22(19(2)3)31(10)26(33)23(28(5,6)7)30-25(32)24(36-11)29(8,9)21-16-14-13-15-17-21/h13-19,22-24H,12H2,1-11H3,(H,30,32)/t22-,23-,24+/m1/s1. The van der Waals surface area contributed by atoms with Gasteiger partial charge in [-0.05, 0) is 37.0 Å². The van der Waals surface area contributed by atoms with Crippen molar-refractivity contribution in [1.29, 1.82) is 0 Å². The van der Waals surface area contributed by atoms with Crippen molar-refractivity contribution >= 4 is 29.5 Å². The first-order valence-corrected chi connectivity index (χ1v) is 13.9. The number of esters is 1. The lowest BCUT2D eigenvalue weighted by molar-refractivity contribution is -0.140. The highest BCUT2D eigenvalue weighted by Gasteiger charge is 2.41. The lowest BCUT2D eigenvalue weighted by atomic mass is 9.80. The maximum absolute atomic E-state index is 13.8. The second-order valence-electron chi connectivity index (χ2n) is 11.3. The van der Waals surface area contributed by atoms with Crippen LogP contribution in [0.25, 0.3) is 0 Å². The van der Waals surface area contributed by atoms with E-state index in [2.05, 4.69) is 19.2 Å². The molecule has 0 aliphatic heterocycles. The summed E-state index contributed by atoms with van der Waals surface area (Å²) >= 11 is 1.48. The number of hydrogen-bond acceptors (Lipinski definition) is 5. The average Bonchev–Trinajstić information content (AvgIpc) is 2.80. The van der Waals surface area contributed by atoms with Gasteiger partial charge in [-0.25, -0.2) is 4.79 Å². The van der Waals surface area contributed by atoms with Crippen LogP contribution in [0, 0.1) is 11.3 Å². The van der Waals surface area contributed by atoms with Gasteiger partial charge in [0.1, 0.15) is 6.04 Å². The van der Waals surface area contributed by atoms with Crippen molar-refractivity contribution in [2.45, 2.75) is 85.1 Å². The lowest BCUT2D eigenvalue weighted by Gasteiger charge is -2.39. The topological polar surface area (TPSA) is 75.7 Å². The van der Waals surface area contributed by atoms with E-state index in [4.69, 9.17) is 4.74 Å². The lowest BCUT2D eigenvalue weighted by Crippen LogP contribution is -2.59. The highest BCUT2D eigenvalue weighted by atomic mass is 32.2. The van der Waals surface area contributed by atoms with Crippen LogP contribution in [0.3, 0.4) is 0 Å². The van der Waals surface area contributed by atoms with Crippen LogP contribution in [0.2, 0.25) is 0 Å². The SMILES string of the molecule is CCOC(=O)C(C)=C[C@H](C(C)C)N(C)C(=O)[C@@H](NC(=O)[C@H](SC)C(C)(C)c1ccccc1)C(C)(C)C. The number of nitrogens with one attached hydrogen (secondary N) is 1. The molecule has 0 fully saturated rings. The molecule has 0 heterocycles. The summed E-state index contributed by atoms with van der Waals surface area (Å²) in [5.41, 5.74) is 0.554. The van der Waals surface area contributed by atoms with Crippen LogP contribution in [-0.4, -0.2) is 59.9 Å². The summed E-state index contributed by atoms with van der Waals surface area (Å²) in [4.78, 5) is 41.3. The minimum absolute atomic E-state index is 0.0515. The molecule has 0 bridgehead atoms. The number of rotatable bonds is 11. The fourth-order valence-corrected chi connectivity index (χ4v) is 5.29. The molecule has 0 unspecified atom stereocenters. The Morgan fingerprint density at radius 1 is 1.08 bits per heavy atom. The molecule has 0 saturated carbocycles. The number of nitrogens with zero attached hydrogens (tertiary/aromatic N) is 1. The number of carbonyl (C=O) groups is 3. The van der Waals surface area contributed by atoms with Crippen LogP contribution in [0.15, 0.2) is 42.0 Å². The monoisotopic (exact) mass is 518 g/mol. The molecule has 7 heteroatoms. The van der Waals surface area contributed by atoms with E-state index >= 15 is 0 Å². The number of benzene rings is 1. The van der Waals surface area contributed by atoms with Gasteiger partial charge in [-0.2, -0.15) is 11.8 Å². The molecule has 36 heavy (non-hydrogen) atoms. The van der Waals surface area contributed by atoms with Gasteiger partial charge in [-0.3, -0.25) is 9.59 Å². The van der Waals surface area contributed by atoms with E-state index in [1.807, 2.05) is 71.2 Å². The van der Waals surface area contributed by atoms with Crippen LogP contribution < -0.4 is 5.32 Å². The minimum Gasteiger partial charge on any atom is -0.463 e. The Balaban J connectivity index is 3.28. The third kappa shape index (κ3) is 8.12. The summed E-state index contributed by atoms with van der Waals surface area (Å²) in [5, 5.41) is 2.70. The van der Waals surface area contributed by atoms with Gasteiger partial charge in [-0.1, -0.05) is 84.9 Å². The molecule has 0 radical (unpaired) electrons. The molecular weight excluding hydrogens is 472 g/mol. The Bertz CT molecular complexity index is 919. The van der Waals surface area contributed by atoms with Gasteiger partial charge in [0, 0.05) is 18.0 Å². The van der Waals surface area contributed by atoms with E-state index in [-0.39, 0.29) is 23.8 Å². The van der Waals surface area contributed by atoms with Crippen molar-refractivity contribution in [3.8, 4) is 0 Å². The van der Waals surface area contributed by atoms with Crippen LogP contribution in [0.4, 0.5) is 0 Å². The molecule has 3 atom stereocenters. The van der Waals surface area contributed by atoms with Crippen LogP contribution in [-0.2, 0) is 24.5 Å². The zero-order chi connectivity index (χ0) is 27.8. The molecule has 0 aromatic heterocycles. The number of hydrogen-bond donors (Lipinski definition) is 1. The molecule has 2 amide bonds. The van der Waals surface area contributed by atoms with Gasteiger partial charge >= 0.3 is 5.97 Å². The van der Waals surface area contributed by atoms with E-state index in [9.17, 15) is 14.4 Å². The predicted octanol–water partition coefficient (Wildman–Crippen LogP) is 5.22. The molecule has 0 saturated heterocycles. The molecule has 1 rings (SSSR count). The maximum Gasteiger partial charge on any atom is 0.333 e. The zero-order valence-electron chi connectivity index (χ0n) is 24.0. The Morgan fingerprint density at radius 3 is 2.08 bits per heavy atom. The summed E-state index contributed by atoms with van der Waals surface area (Å²) in [6.45, 7) is 17.7. The highest BCUT2D eigenvalue weighted by molar-refractivity contribution is 8.00. The number of amides is 2.